The first-order chi connectivity index (χ1) is 20.1. The Balaban J connectivity index is 1.70. The van der Waals surface area contributed by atoms with Gasteiger partial charge in [-0.05, 0) is 61.4 Å². The van der Waals surface area contributed by atoms with Crippen LogP contribution in [0.5, 0.6) is 11.5 Å². The van der Waals surface area contributed by atoms with E-state index in [1.807, 2.05) is 35.9 Å². The number of carbonyl (C=O) groups excluding carboxylic acids is 2. The second kappa shape index (κ2) is 12.3. The summed E-state index contributed by atoms with van der Waals surface area (Å²) in [6.45, 7) is 0.511. The number of carbonyl (C=O) groups is 2. The van der Waals surface area contributed by atoms with E-state index in [-0.39, 0.29) is 24.6 Å². The van der Waals surface area contributed by atoms with E-state index in [9.17, 15) is 18.0 Å². The normalized spacial score (nSPS) is 19.6. The molecule has 0 saturated heterocycles. The molecule has 0 spiro atoms. The molecule has 2 aliphatic rings. The van der Waals surface area contributed by atoms with Crippen LogP contribution in [0.15, 0.2) is 36.4 Å². The molecule has 1 N–H and O–H groups in total. The molecule has 1 aliphatic carbocycles. The molecule has 2 heterocycles. The first-order valence-corrected chi connectivity index (χ1v) is 16.0. The van der Waals surface area contributed by atoms with Crippen LogP contribution >= 0.6 is 0 Å². The summed E-state index contributed by atoms with van der Waals surface area (Å²) in [5.74, 6) is 0.621. The quantitative estimate of drug-likeness (QED) is 0.469. The number of hydrogen-bond acceptors (Lipinski definition) is 6. The molecule has 1 aromatic heterocycles. The molecule has 10 nitrogen and oxygen atoms in total. The number of aryl methyl sites for hydroxylation is 1. The number of nitrogens with one attached hydrogen (secondary N) is 1. The summed E-state index contributed by atoms with van der Waals surface area (Å²) in [4.78, 5) is 27.8. The monoisotopic (exact) mass is 596 g/mol. The Morgan fingerprint density at radius 1 is 0.929 bits per heavy atom. The zero-order valence-corrected chi connectivity index (χ0v) is 25.6. The minimum absolute atomic E-state index is 0.143. The number of hydrogen-bond donors (Lipinski definition) is 1. The maximum absolute atomic E-state index is 13.2. The molecular formula is C31H40N4O6S. The van der Waals surface area contributed by atoms with E-state index >= 15 is 0 Å². The van der Waals surface area contributed by atoms with Gasteiger partial charge in [0.05, 0.1) is 12.8 Å². The fourth-order valence-corrected chi connectivity index (χ4v) is 6.99. The van der Waals surface area contributed by atoms with E-state index in [0.717, 1.165) is 52.1 Å². The molecule has 1 aliphatic heterocycles. The SMILES string of the molecule is COc1ccc2c(c1)OCC(=O)N(C)CCCCN(C)S(=O)(=O)NC(=O)c1ccc3c(C4CCCCC4)c-2n(C)c3c1. The van der Waals surface area contributed by atoms with Gasteiger partial charge >= 0.3 is 10.2 Å². The van der Waals surface area contributed by atoms with Gasteiger partial charge in [0, 0.05) is 62.3 Å². The Hall–Kier alpha value is -3.57. The van der Waals surface area contributed by atoms with Gasteiger partial charge in [-0.25, -0.2) is 4.72 Å². The molecule has 2 aromatic carbocycles. The molecule has 1 fully saturated rings. The van der Waals surface area contributed by atoms with Crippen LogP contribution in [0.4, 0.5) is 0 Å². The van der Waals surface area contributed by atoms with Crippen molar-refractivity contribution in [1.29, 1.82) is 0 Å². The summed E-state index contributed by atoms with van der Waals surface area (Å²) in [5, 5.41) is 1.02. The highest BCUT2D eigenvalue weighted by molar-refractivity contribution is 7.87. The van der Waals surface area contributed by atoms with Crippen LogP contribution in [0.25, 0.3) is 22.2 Å². The summed E-state index contributed by atoms with van der Waals surface area (Å²) in [5.41, 5.74) is 4.05. The van der Waals surface area contributed by atoms with Crippen molar-refractivity contribution in [2.45, 2.75) is 50.9 Å². The van der Waals surface area contributed by atoms with Crippen LogP contribution in [0.3, 0.4) is 0 Å². The van der Waals surface area contributed by atoms with Crippen LogP contribution in [0, 0.1) is 0 Å². The Bertz CT molecular complexity index is 1590. The van der Waals surface area contributed by atoms with Crippen molar-refractivity contribution in [3.8, 4) is 22.8 Å². The van der Waals surface area contributed by atoms with Gasteiger partial charge in [-0.2, -0.15) is 12.7 Å². The maximum atomic E-state index is 13.2. The first kappa shape index (κ1) is 29.9. The molecule has 5 rings (SSSR count). The lowest BCUT2D eigenvalue weighted by molar-refractivity contribution is -0.132. The van der Waals surface area contributed by atoms with E-state index in [4.69, 9.17) is 9.47 Å². The Labute approximate surface area is 247 Å². The van der Waals surface area contributed by atoms with Crippen LogP contribution in [0.1, 0.15) is 66.8 Å². The zero-order chi connectivity index (χ0) is 30.0. The third-order valence-electron chi connectivity index (χ3n) is 8.58. The molecule has 42 heavy (non-hydrogen) atoms. The van der Waals surface area contributed by atoms with Crippen molar-refractivity contribution < 1.29 is 27.5 Å². The maximum Gasteiger partial charge on any atom is 0.303 e. The average molecular weight is 597 g/mol. The van der Waals surface area contributed by atoms with E-state index < -0.39 is 16.1 Å². The standard InChI is InChI=1S/C31H40N4O6S/c1-33-16-8-9-17-34(2)42(38,39)32-31(37)22-12-14-24-26(18-22)35(3)30(29(24)21-10-6-5-7-11-21)25-15-13-23(40-4)19-27(25)41-20-28(33)36/h12-15,18-19,21H,5-11,16-17,20H2,1-4H3,(H,32,37). The zero-order valence-electron chi connectivity index (χ0n) is 24.8. The molecule has 3 aromatic rings. The largest absolute Gasteiger partial charge is 0.497 e. The van der Waals surface area contributed by atoms with Gasteiger partial charge in [-0.15, -0.1) is 0 Å². The molecule has 0 unspecified atom stereocenters. The molecule has 2 amide bonds. The highest BCUT2D eigenvalue weighted by Gasteiger charge is 2.29. The van der Waals surface area contributed by atoms with Crippen molar-refractivity contribution in [3.05, 3.63) is 47.5 Å². The summed E-state index contributed by atoms with van der Waals surface area (Å²) in [7, 11) is 2.66. The van der Waals surface area contributed by atoms with E-state index in [1.54, 1.807) is 31.2 Å². The van der Waals surface area contributed by atoms with Crippen LogP contribution in [0.2, 0.25) is 0 Å². The third kappa shape index (κ3) is 5.98. The highest BCUT2D eigenvalue weighted by atomic mass is 32.2. The number of aromatic nitrogens is 1. The molecule has 3 bridgehead atoms. The summed E-state index contributed by atoms with van der Waals surface area (Å²) in [6.07, 6.45) is 6.69. The Morgan fingerprint density at radius 2 is 1.67 bits per heavy atom. The Kier molecular flexibility index (Phi) is 8.79. The van der Waals surface area contributed by atoms with E-state index in [1.165, 1.54) is 19.0 Å². The summed E-state index contributed by atoms with van der Waals surface area (Å²) >= 11 is 0. The highest BCUT2D eigenvalue weighted by Crippen LogP contribution is 2.46. The molecule has 1 saturated carbocycles. The van der Waals surface area contributed by atoms with Crippen LogP contribution in [-0.4, -0.2) is 74.9 Å². The number of benzene rings is 2. The lowest BCUT2D eigenvalue weighted by Crippen LogP contribution is -2.42. The van der Waals surface area contributed by atoms with Crippen molar-refractivity contribution in [2.24, 2.45) is 7.05 Å². The Morgan fingerprint density at radius 3 is 2.40 bits per heavy atom. The fourth-order valence-electron chi connectivity index (χ4n) is 6.11. The minimum Gasteiger partial charge on any atom is -0.497 e. The van der Waals surface area contributed by atoms with Crippen molar-refractivity contribution in [1.82, 2.24) is 18.5 Å². The predicted molar refractivity (Wildman–Crippen MR) is 162 cm³/mol. The lowest BCUT2D eigenvalue weighted by Gasteiger charge is -2.24. The van der Waals surface area contributed by atoms with E-state index in [0.29, 0.717) is 36.8 Å². The van der Waals surface area contributed by atoms with Gasteiger partial charge in [0.2, 0.25) is 0 Å². The lowest BCUT2D eigenvalue weighted by atomic mass is 9.81. The second-order valence-corrected chi connectivity index (χ2v) is 13.1. The van der Waals surface area contributed by atoms with Gasteiger partial charge in [0.1, 0.15) is 11.5 Å². The molecule has 0 atom stereocenters. The van der Waals surface area contributed by atoms with Crippen LogP contribution < -0.4 is 14.2 Å². The van der Waals surface area contributed by atoms with Crippen molar-refractivity contribution in [3.63, 3.8) is 0 Å². The number of likely N-dealkylation sites (N-methyl/N-ethyl adjacent to an activating group) is 1. The summed E-state index contributed by atoms with van der Waals surface area (Å²) < 4.78 is 43.0. The number of nitrogens with zero attached hydrogens (tertiary/aromatic N) is 3. The average Bonchev–Trinajstić information content (AvgIpc) is 3.28. The first-order valence-electron chi connectivity index (χ1n) is 14.6. The van der Waals surface area contributed by atoms with Gasteiger partial charge < -0.3 is 18.9 Å². The van der Waals surface area contributed by atoms with Gasteiger partial charge in [-0.1, -0.05) is 25.3 Å². The van der Waals surface area contributed by atoms with Gasteiger partial charge in [-0.3, -0.25) is 9.59 Å². The number of methoxy groups -OCH3 is 1. The third-order valence-corrected chi connectivity index (χ3v) is 10.0. The van der Waals surface area contributed by atoms with Crippen molar-refractivity contribution >= 4 is 32.9 Å². The molecule has 0 radical (unpaired) electrons. The molecule has 226 valence electrons. The summed E-state index contributed by atoms with van der Waals surface area (Å²) in [6, 6.07) is 11.0. The van der Waals surface area contributed by atoms with Gasteiger partial charge in [0.15, 0.2) is 6.61 Å². The number of rotatable bonds is 2. The molecule has 11 heteroatoms. The second-order valence-electron chi connectivity index (χ2n) is 11.3. The van der Waals surface area contributed by atoms with Crippen LogP contribution in [-0.2, 0) is 22.1 Å². The predicted octanol–water partition coefficient (Wildman–Crippen LogP) is 4.44. The van der Waals surface area contributed by atoms with E-state index in [2.05, 4.69) is 4.72 Å². The molecular weight excluding hydrogens is 556 g/mol. The van der Waals surface area contributed by atoms with Gasteiger partial charge in [0.25, 0.3) is 11.8 Å². The smallest absolute Gasteiger partial charge is 0.303 e. The topological polar surface area (TPSA) is 110 Å². The number of fused-ring (bicyclic) bond motifs is 4. The minimum atomic E-state index is -4.04. The number of amides is 2. The van der Waals surface area contributed by atoms with Crippen molar-refractivity contribution in [2.75, 3.05) is 40.9 Å². The number of ether oxygens (including phenoxy) is 2. The fraction of sp³-hybridized carbons (Fsp3) is 0.484.